The molecule has 2 aromatic heterocycles. The Labute approximate surface area is 198 Å². The standard InChI is InChI=1S/C24H30N6O4/c1-16(2)18-4-6-19(7-5-18)24-26-22(34-28-24)8-9-23(32)30-12-10-29(11-13-30)15-21(31)25-20-14-17(3)33-27-20/h4-7,14,16H,8-13,15H2,1-3H3,(H,25,27,31). The van der Waals surface area contributed by atoms with Crippen molar-refractivity contribution in [2.75, 3.05) is 38.0 Å². The van der Waals surface area contributed by atoms with E-state index in [4.69, 9.17) is 9.05 Å². The molecule has 0 bridgehead atoms. The van der Waals surface area contributed by atoms with Gasteiger partial charge in [-0.1, -0.05) is 48.4 Å². The van der Waals surface area contributed by atoms with Gasteiger partial charge >= 0.3 is 0 Å². The minimum atomic E-state index is -0.154. The van der Waals surface area contributed by atoms with E-state index < -0.39 is 0 Å². The van der Waals surface area contributed by atoms with Gasteiger partial charge in [0.2, 0.25) is 23.5 Å². The van der Waals surface area contributed by atoms with Crippen molar-refractivity contribution in [1.29, 1.82) is 0 Å². The van der Waals surface area contributed by atoms with Crippen LogP contribution in [0.15, 0.2) is 39.4 Å². The number of benzene rings is 1. The Kier molecular flexibility index (Phi) is 7.36. The van der Waals surface area contributed by atoms with Gasteiger partial charge in [-0.3, -0.25) is 14.5 Å². The topological polar surface area (TPSA) is 118 Å². The maximum Gasteiger partial charge on any atom is 0.239 e. The van der Waals surface area contributed by atoms with Crippen molar-refractivity contribution in [1.82, 2.24) is 25.1 Å². The number of hydrogen-bond donors (Lipinski definition) is 1. The summed E-state index contributed by atoms with van der Waals surface area (Å²) in [5, 5.41) is 10.5. The van der Waals surface area contributed by atoms with Gasteiger partial charge in [-0.2, -0.15) is 4.98 Å². The zero-order valence-corrected chi connectivity index (χ0v) is 19.8. The first-order chi connectivity index (χ1) is 16.4. The molecule has 1 fully saturated rings. The number of anilines is 1. The number of carbonyl (C=O) groups is 2. The van der Waals surface area contributed by atoms with Gasteiger partial charge in [0.25, 0.3) is 0 Å². The maximum atomic E-state index is 12.6. The van der Waals surface area contributed by atoms with Gasteiger partial charge < -0.3 is 19.3 Å². The fourth-order valence-corrected chi connectivity index (χ4v) is 3.83. The monoisotopic (exact) mass is 466 g/mol. The van der Waals surface area contributed by atoms with Crippen LogP contribution >= 0.6 is 0 Å². The molecule has 3 aromatic rings. The summed E-state index contributed by atoms with van der Waals surface area (Å²) in [5.41, 5.74) is 2.15. The zero-order chi connectivity index (χ0) is 24.1. The van der Waals surface area contributed by atoms with Gasteiger partial charge in [-0.05, 0) is 18.4 Å². The molecule has 0 unspecified atom stereocenters. The molecule has 0 saturated carbocycles. The third-order valence-electron chi connectivity index (χ3n) is 5.84. The van der Waals surface area contributed by atoms with E-state index in [1.165, 1.54) is 5.56 Å². The van der Waals surface area contributed by atoms with Gasteiger partial charge in [-0.15, -0.1) is 0 Å². The number of amides is 2. The van der Waals surface area contributed by atoms with E-state index in [-0.39, 0.29) is 18.4 Å². The summed E-state index contributed by atoms with van der Waals surface area (Å²) in [4.78, 5) is 33.1. The van der Waals surface area contributed by atoms with Crippen LogP contribution in [0.2, 0.25) is 0 Å². The molecule has 10 nitrogen and oxygen atoms in total. The van der Waals surface area contributed by atoms with Gasteiger partial charge in [0, 0.05) is 50.7 Å². The van der Waals surface area contributed by atoms with E-state index in [1.807, 2.05) is 21.9 Å². The molecule has 1 aromatic carbocycles. The summed E-state index contributed by atoms with van der Waals surface area (Å²) in [7, 11) is 0. The molecule has 0 spiro atoms. The molecule has 1 aliphatic heterocycles. The number of rotatable bonds is 8. The number of piperazine rings is 1. The van der Waals surface area contributed by atoms with Crippen LogP contribution in [0.3, 0.4) is 0 Å². The molecule has 34 heavy (non-hydrogen) atoms. The highest BCUT2D eigenvalue weighted by atomic mass is 16.5. The molecule has 0 aliphatic carbocycles. The summed E-state index contributed by atoms with van der Waals surface area (Å²) < 4.78 is 10.3. The lowest BCUT2D eigenvalue weighted by atomic mass is 10.0. The normalized spacial score (nSPS) is 14.5. The Balaban J connectivity index is 1.20. The van der Waals surface area contributed by atoms with Crippen molar-refractivity contribution >= 4 is 17.6 Å². The fraction of sp³-hybridized carbons (Fsp3) is 0.458. The van der Waals surface area contributed by atoms with Crippen LogP contribution in [0.5, 0.6) is 0 Å². The lowest BCUT2D eigenvalue weighted by molar-refractivity contribution is -0.133. The van der Waals surface area contributed by atoms with Gasteiger partial charge in [-0.25, -0.2) is 0 Å². The van der Waals surface area contributed by atoms with Crippen molar-refractivity contribution in [3.63, 3.8) is 0 Å². The summed E-state index contributed by atoms with van der Waals surface area (Å²) >= 11 is 0. The predicted octanol–water partition coefficient (Wildman–Crippen LogP) is 2.87. The van der Waals surface area contributed by atoms with E-state index in [0.717, 1.165) is 5.56 Å². The molecule has 2 amide bonds. The number of hydrogen-bond acceptors (Lipinski definition) is 8. The second kappa shape index (κ2) is 10.6. The Morgan fingerprint density at radius 2 is 1.79 bits per heavy atom. The van der Waals surface area contributed by atoms with Crippen molar-refractivity contribution < 1.29 is 18.6 Å². The molecule has 1 aliphatic rings. The highest BCUT2D eigenvalue weighted by molar-refractivity contribution is 5.91. The van der Waals surface area contributed by atoms with Crippen molar-refractivity contribution in [2.45, 2.75) is 39.5 Å². The second-order valence-corrected chi connectivity index (χ2v) is 8.82. The summed E-state index contributed by atoms with van der Waals surface area (Å²) in [6.07, 6.45) is 0.704. The van der Waals surface area contributed by atoms with Crippen LogP contribution in [-0.2, 0) is 16.0 Å². The van der Waals surface area contributed by atoms with E-state index >= 15 is 0 Å². The molecule has 0 radical (unpaired) electrons. The fourth-order valence-electron chi connectivity index (χ4n) is 3.83. The quantitative estimate of drug-likeness (QED) is 0.538. The molecule has 1 saturated heterocycles. The molecule has 3 heterocycles. The lowest BCUT2D eigenvalue weighted by Crippen LogP contribution is -2.50. The molecule has 1 N–H and O–H groups in total. The van der Waals surface area contributed by atoms with Crippen LogP contribution < -0.4 is 5.32 Å². The number of carbonyl (C=O) groups excluding carboxylic acids is 2. The van der Waals surface area contributed by atoms with Gasteiger partial charge in [0.05, 0.1) is 6.54 Å². The summed E-state index contributed by atoms with van der Waals surface area (Å²) in [6, 6.07) is 9.78. The van der Waals surface area contributed by atoms with Crippen molar-refractivity contribution in [2.24, 2.45) is 0 Å². The summed E-state index contributed by atoms with van der Waals surface area (Å²) in [5.74, 6) is 2.39. The Morgan fingerprint density at radius 3 is 2.44 bits per heavy atom. The molecule has 180 valence electrons. The van der Waals surface area contributed by atoms with E-state index in [9.17, 15) is 9.59 Å². The lowest BCUT2D eigenvalue weighted by Gasteiger charge is -2.34. The third kappa shape index (κ3) is 6.07. The molecule has 0 atom stereocenters. The summed E-state index contributed by atoms with van der Waals surface area (Å²) in [6.45, 7) is 8.73. The minimum Gasteiger partial charge on any atom is -0.360 e. The highest BCUT2D eigenvalue weighted by Crippen LogP contribution is 2.21. The van der Waals surface area contributed by atoms with Gasteiger partial charge in [0.1, 0.15) is 5.76 Å². The SMILES string of the molecule is Cc1cc(NC(=O)CN2CCN(C(=O)CCc3nc(-c4ccc(C(C)C)cc4)no3)CC2)no1. The van der Waals surface area contributed by atoms with Gasteiger partial charge in [0.15, 0.2) is 5.82 Å². The first kappa shape index (κ1) is 23.6. The number of aryl methyl sites for hydroxylation is 2. The molecular formula is C24H30N6O4. The minimum absolute atomic E-state index is 0.0446. The van der Waals surface area contributed by atoms with E-state index in [2.05, 4.69) is 46.6 Å². The Morgan fingerprint density at radius 1 is 1.06 bits per heavy atom. The van der Waals surface area contributed by atoms with Crippen LogP contribution in [0.4, 0.5) is 5.82 Å². The smallest absolute Gasteiger partial charge is 0.239 e. The van der Waals surface area contributed by atoms with Crippen LogP contribution in [0, 0.1) is 6.92 Å². The van der Waals surface area contributed by atoms with E-state index in [0.29, 0.717) is 68.2 Å². The van der Waals surface area contributed by atoms with E-state index in [1.54, 1.807) is 13.0 Å². The first-order valence-corrected chi connectivity index (χ1v) is 11.5. The molecule has 10 heteroatoms. The highest BCUT2D eigenvalue weighted by Gasteiger charge is 2.23. The third-order valence-corrected chi connectivity index (χ3v) is 5.84. The number of nitrogens with one attached hydrogen (secondary N) is 1. The predicted molar refractivity (Wildman–Crippen MR) is 125 cm³/mol. The average Bonchev–Trinajstić information content (AvgIpc) is 3.47. The number of aromatic nitrogens is 3. The Hall–Kier alpha value is -3.53. The number of nitrogens with zero attached hydrogens (tertiary/aromatic N) is 5. The Bertz CT molecular complexity index is 1110. The zero-order valence-electron chi connectivity index (χ0n) is 19.8. The van der Waals surface area contributed by atoms with Crippen LogP contribution in [0.1, 0.15) is 43.4 Å². The molecule has 4 rings (SSSR count). The van der Waals surface area contributed by atoms with Crippen LogP contribution in [-0.4, -0.2) is 69.6 Å². The maximum absolute atomic E-state index is 12.6. The second-order valence-electron chi connectivity index (χ2n) is 8.82. The first-order valence-electron chi connectivity index (χ1n) is 11.5. The average molecular weight is 467 g/mol. The van der Waals surface area contributed by atoms with Crippen molar-refractivity contribution in [3.05, 3.63) is 47.5 Å². The largest absolute Gasteiger partial charge is 0.360 e. The van der Waals surface area contributed by atoms with Crippen LogP contribution in [0.25, 0.3) is 11.4 Å². The van der Waals surface area contributed by atoms with Crippen molar-refractivity contribution in [3.8, 4) is 11.4 Å². The molecular weight excluding hydrogens is 436 g/mol.